The summed E-state index contributed by atoms with van der Waals surface area (Å²) in [4.78, 5) is 13.2. The molecule has 0 aliphatic carbocycles. The van der Waals surface area contributed by atoms with E-state index in [1.54, 1.807) is 6.07 Å². The molecule has 10 heteroatoms. The molecule has 0 amide bonds. The van der Waals surface area contributed by atoms with Crippen LogP contribution < -0.4 is 14.4 Å². The average molecular weight is 474 g/mol. The van der Waals surface area contributed by atoms with Crippen LogP contribution in [0.4, 0.5) is 11.4 Å². The maximum absolute atomic E-state index is 13.4. The number of rotatable bonds is 1. The summed E-state index contributed by atoms with van der Waals surface area (Å²) in [5.74, 6) is -1.23. The van der Waals surface area contributed by atoms with Gasteiger partial charge in [-0.05, 0) is 55.7 Å². The molecule has 0 saturated carbocycles. The third-order valence-electron chi connectivity index (χ3n) is 5.48. The van der Waals surface area contributed by atoms with Crippen molar-refractivity contribution in [1.29, 1.82) is 5.26 Å². The number of benzene rings is 2. The van der Waals surface area contributed by atoms with Crippen molar-refractivity contribution in [2.45, 2.75) is 30.2 Å². The molecule has 8 nitrogen and oxygen atoms in total. The molecule has 0 radical (unpaired) electrons. The van der Waals surface area contributed by atoms with Gasteiger partial charge in [-0.25, -0.2) is 13.2 Å². The quantitative estimate of drug-likeness (QED) is 0.600. The monoisotopic (exact) mass is 473 g/mol. The minimum absolute atomic E-state index is 0.00731. The van der Waals surface area contributed by atoms with Crippen molar-refractivity contribution >= 4 is 39.0 Å². The molecular weight excluding hydrogens is 454 g/mol. The van der Waals surface area contributed by atoms with E-state index in [9.17, 15) is 23.6 Å². The molecule has 1 unspecified atom stereocenters. The Morgan fingerprint density at radius 1 is 1.28 bits per heavy atom. The van der Waals surface area contributed by atoms with E-state index in [-0.39, 0.29) is 45.1 Å². The van der Waals surface area contributed by atoms with Gasteiger partial charge in [0.2, 0.25) is 0 Å². The predicted octanol–water partition coefficient (Wildman–Crippen LogP) is 4.02. The Balaban J connectivity index is 1.92. The minimum Gasteiger partial charge on any atom is -0.488 e. The van der Waals surface area contributed by atoms with Crippen molar-refractivity contribution in [3.63, 3.8) is 0 Å². The van der Waals surface area contributed by atoms with E-state index in [1.807, 2.05) is 18.2 Å². The van der Waals surface area contributed by atoms with Gasteiger partial charge in [0.05, 0.1) is 27.5 Å². The normalized spacial score (nSPS) is 20.5. The van der Waals surface area contributed by atoms with Gasteiger partial charge in [-0.3, -0.25) is 4.72 Å². The zero-order valence-electron chi connectivity index (χ0n) is 16.9. The third-order valence-corrected chi connectivity index (χ3v) is 7.18. The fourth-order valence-corrected chi connectivity index (χ4v) is 5.38. The molecule has 1 saturated heterocycles. The van der Waals surface area contributed by atoms with Crippen LogP contribution in [0.1, 0.15) is 35.2 Å². The molecule has 4 rings (SSSR count). The number of nitriles is 1. The number of carboxylic acids is 1. The van der Waals surface area contributed by atoms with E-state index in [1.165, 1.54) is 18.2 Å². The smallest absolute Gasteiger partial charge is 0.335 e. The molecule has 2 aliphatic rings. The van der Waals surface area contributed by atoms with E-state index >= 15 is 0 Å². The van der Waals surface area contributed by atoms with Crippen LogP contribution in [0.5, 0.6) is 5.75 Å². The fraction of sp³-hybridized carbons (Fsp3) is 0.273. The summed E-state index contributed by atoms with van der Waals surface area (Å²) in [7, 11) is -4.26. The number of nitrogens with one attached hydrogen (secondary N) is 1. The van der Waals surface area contributed by atoms with Crippen LogP contribution in [-0.4, -0.2) is 38.7 Å². The first kappa shape index (κ1) is 22.0. The first-order chi connectivity index (χ1) is 15.3. The number of carbonyl (C=O) groups is 1. The molecule has 2 aromatic carbocycles. The van der Waals surface area contributed by atoms with E-state index in [2.05, 4.69) is 9.62 Å². The van der Waals surface area contributed by atoms with E-state index in [4.69, 9.17) is 16.3 Å². The number of fused-ring (bicyclic) bond motifs is 4. The van der Waals surface area contributed by atoms with Crippen LogP contribution in [-0.2, 0) is 10.0 Å². The van der Waals surface area contributed by atoms with Crippen molar-refractivity contribution in [3.8, 4) is 11.8 Å². The Labute approximate surface area is 190 Å². The minimum atomic E-state index is -4.26. The summed E-state index contributed by atoms with van der Waals surface area (Å²) in [5, 5.41) is 19.0. The molecular formula is C22H20ClN3O5S. The maximum atomic E-state index is 13.4. The third kappa shape index (κ3) is 4.24. The lowest BCUT2D eigenvalue weighted by Gasteiger charge is -2.37. The zero-order valence-corrected chi connectivity index (χ0v) is 18.5. The number of nitrogens with zero attached hydrogens (tertiary/aromatic N) is 2. The number of piperidine rings is 1. The van der Waals surface area contributed by atoms with Crippen molar-refractivity contribution < 1.29 is 23.1 Å². The van der Waals surface area contributed by atoms with Crippen LogP contribution in [0.15, 0.2) is 47.4 Å². The van der Waals surface area contributed by atoms with Gasteiger partial charge in [0.25, 0.3) is 10.0 Å². The molecule has 0 aromatic heterocycles. The number of anilines is 2. The Hall–Kier alpha value is -3.22. The standard InChI is InChI=1S/C22H20ClN3O5S/c23-17-12-19-18(10-15(17)13-24)25-32(29,30)21-11-14(22(27)28)6-7-20(21)31-9-3-5-16-4-1-2-8-26(16)19/h3,5-7,10-12,16,25H,1-2,4,8-9H2,(H,27,28)/b5-3+. The van der Waals surface area contributed by atoms with Gasteiger partial charge in [-0.1, -0.05) is 17.7 Å². The first-order valence-electron chi connectivity index (χ1n) is 10.00. The highest BCUT2D eigenvalue weighted by Crippen LogP contribution is 2.38. The molecule has 0 spiro atoms. The molecule has 1 fully saturated rings. The Kier molecular flexibility index (Phi) is 6.00. The van der Waals surface area contributed by atoms with Crippen LogP contribution in [0, 0.1) is 11.3 Å². The second-order valence-electron chi connectivity index (χ2n) is 7.53. The summed E-state index contributed by atoms with van der Waals surface area (Å²) in [6, 6.07) is 8.65. The van der Waals surface area contributed by atoms with E-state index < -0.39 is 16.0 Å². The highest BCUT2D eigenvalue weighted by atomic mass is 35.5. The second kappa shape index (κ2) is 8.73. The molecule has 1 atom stereocenters. The van der Waals surface area contributed by atoms with Crippen LogP contribution in [0.25, 0.3) is 0 Å². The lowest BCUT2D eigenvalue weighted by atomic mass is 10.00. The van der Waals surface area contributed by atoms with E-state index in [0.717, 1.165) is 25.3 Å². The zero-order chi connectivity index (χ0) is 22.9. The van der Waals surface area contributed by atoms with Crippen LogP contribution in [0.3, 0.4) is 0 Å². The molecule has 2 aromatic rings. The molecule has 2 aliphatic heterocycles. The highest BCUT2D eigenvalue weighted by Gasteiger charge is 2.28. The molecule has 2 heterocycles. The molecule has 0 bridgehead atoms. The summed E-state index contributed by atoms with van der Waals surface area (Å²) >= 11 is 6.30. The SMILES string of the molecule is N#Cc1cc2c(cc1Cl)N1CCCCC1/C=C/COc1ccc(C(=O)O)cc1S(=O)(=O)N2. The lowest BCUT2D eigenvalue weighted by molar-refractivity contribution is 0.0696. The number of hydrogen-bond donors (Lipinski definition) is 2. The molecule has 2 N–H and O–H groups in total. The summed E-state index contributed by atoms with van der Waals surface area (Å²) in [6.45, 7) is 0.812. The van der Waals surface area contributed by atoms with Gasteiger partial charge in [0, 0.05) is 12.6 Å². The Morgan fingerprint density at radius 2 is 2.09 bits per heavy atom. The van der Waals surface area contributed by atoms with Crippen molar-refractivity contribution in [2.75, 3.05) is 22.8 Å². The van der Waals surface area contributed by atoms with E-state index in [0.29, 0.717) is 12.2 Å². The van der Waals surface area contributed by atoms with Gasteiger partial charge < -0.3 is 14.7 Å². The number of carboxylic acid groups (broad SMARTS) is 1. The maximum Gasteiger partial charge on any atom is 0.335 e. The van der Waals surface area contributed by atoms with Gasteiger partial charge in [-0.15, -0.1) is 0 Å². The Bertz CT molecular complexity index is 1250. The number of sulfonamides is 1. The highest BCUT2D eigenvalue weighted by molar-refractivity contribution is 7.92. The number of ether oxygens (including phenoxy) is 1. The lowest BCUT2D eigenvalue weighted by Crippen LogP contribution is -2.39. The fourth-order valence-electron chi connectivity index (χ4n) is 3.94. The number of hydrogen-bond acceptors (Lipinski definition) is 6. The average Bonchev–Trinajstić information content (AvgIpc) is 2.77. The summed E-state index contributed by atoms with van der Waals surface area (Å²) in [5.41, 5.74) is 0.688. The van der Waals surface area contributed by atoms with Gasteiger partial charge >= 0.3 is 5.97 Å². The van der Waals surface area contributed by atoms with Crippen LogP contribution >= 0.6 is 11.6 Å². The van der Waals surface area contributed by atoms with Gasteiger partial charge in [0.1, 0.15) is 23.3 Å². The topological polar surface area (TPSA) is 120 Å². The first-order valence-corrected chi connectivity index (χ1v) is 11.9. The van der Waals surface area contributed by atoms with Gasteiger partial charge in [-0.2, -0.15) is 5.26 Å². The molecule has 32 heavy (non-hydrogen) atoms. The van der Waals surface area contributed by atoms with Gasteiger partial charge in [0.15, 0.2) is 0 Å². The number of aromatic carboxylic acids is 1. The Morgan fingerprint density at radius 3 is 2.84 bits per heavy atom. The van der Waals surface area contributed by atoms with Crippen molar-refractivity contribution in [3.05, 3.63) is 58.6 Å². The largest absolute Gasteiger partial charge is 0.488 e. The number of halogens is 1. The van der Waals surface area contributed by atoms with Crippen molar-refractivity contribution in [1.82, 2.24) is 0 Å². The second-order valence-corrected chi connectivity index (χ2v) is 9.59. The van der Waals surface area contributed by atoms with Crippen LogP contribution in [0.2, 0.25) is 5.02 Å². The molecule has 166 valence electrons. The summed E-state index contributed by atoms with van der Waals surface area (Å²) in [6.07, 6.45) is 6.66. The van der Waals surface area contributed by atoms with Crippen molar-refractivity contribution in [2.24, 2.45) is 0 Å². The summed E-state index contributed by atoms with van der Waals surface area (Å²) < 4.78 is 34.9. The predicted molar refractivity (Wildman–Crippen MR) is 120 cm³/mol.